The zero-order valence-electron chi connectivity index (χ0n) is 22.6. The van der Waals surface area contributed by atoms with E-state index in [-0.39, 0.29) is 12.0 Å². The zero-order chi connectivity index (χ0) is 28.2. The quantitative estimate of drug-likeness (QED) is 0.184. The second-order valence-electron chi connectivity index (χ2n) is 9.27. The Bertz CT molecular complexity index is 1250. The molecule has 0 fully saturated rings. The second-order valence-corrected chi connectivity index (χ2v) is 12.5. The Labute approximate surface area is 248 Å². The predicted molar refractivity (Wildman–Crippen MR) is 168 cm³/mol. The number of hydrogen-bond donors (Lipinski definition) is 2. The maximum atomic E-state index is 13.3. The van der Waals surface area contributed by atoms with Crippen molar-refractivity contribution in [2.75, 3.05) is 23.5 Å². The van der Waals surface area contributed by atoms with Crippen molar-refractivity contribution < 1.29 is 19.4 Å². The molecule has 0 aliphatic heterocycles. The van der Waals surface area contributed by atoms with E-state index in [0.717, 1.165) is 44.7 Å². The fourth-order valence-electron chi connectivity index (χ4n) is 4.26. The lowest BCUT2D eigenvalue weighted by Crippen LogP contribution is -2.41. The van der Waals surface area contributed by atoms with E-state index < -0.39 is 12.0 Å². The average molecular weight is 631 g/mol. The molecule has 5 nitrogen and oxygen atoms in total. The fourth-order valence-corrected chi connectivity index (χ4v) is 5.89. The molecule has 0 aliphatic carbocycles. The van der Waals surface area contributed by atoms with Crippen molar-refractivity contribution in [3.05, 3.63) is 93.5 Å². The third-order valence-electron chi connectivity index (χ3n) is 6.32. The molecule has 39 heavy (non-hydrogen) atoms. The number of aryl methyl sites for hydroxylation is 1. The van der Waals surface area contributed by atoms with Gasteiger partial charge in [-0.25, -0.2) is 4.79 Å². The first-order chi connectivity index (χ1) is 18.8. The van der Waals surface area contributed by atoms with E-state index in [0.29, 0.717) is 24.3 Å². The first-order valence-corrected chi connectivity index (χ1v) is 16.3. The number of halogens is 1. The Morgan fingerprint density at radius 3 is 2.51 bits per heavy atom. The lowest BCUT2D eigenvalue weighted by Gasteiger charge is -2.20. The number of carbonyl (C=O) groups excluding carboxylic acids is 1. The Kier molecular flexibility index (Phi) is 12.9. The minimum atomic E-state index is -1.03. The number of benzene rings is 3. The molecule has 208 valence electrons. The van der Waals surface area contributed by atoms with E-state index >= 15 is 0 Å². The van der Waals surface area contributed by atoms with Gasteiger partial charge in [0.05, 0.1) is 12.7 Å². The second kappa shape index (κ2) is 16.1. The highest BCUT2D eigenvalue weighted by Gasteiger charge is 2.23. The predicted octanol–water partition coefficient (Wildman–Crippen LogP) is 7.24. The molecule has 0 heterocycles. The number of carboxylic acids is 1. The molecule has 2 atom stereocenters. The number of carbonyl (C=O) groups is 2. The van der Waals surface area contributed by atoms with Gasteiger partial charge in [0, 0.05) is 15.8 Å². The molecule has 8 heteroatoms. The molecule has 0 saturated carbocycles. The van der Waals surface area contributed by atoms with E-state index in [1.807, 2.05) is 73.5 Å². The Morgan fingerprint density at radius 1 is 1.03 bits per heavy atom. The lowest BCUT2D eigenvalue weighted by molar-refractivity contribution is -0.139. The van der Waals surface area contributed by atoms with Crippen LogP contribution in [0.15, 0.2) is 71.2 Å². The summed E-state index contributed by atoms with van der Waals surface area (Å²) in [7, 11) is 0. The van der Waals surface area contributed by atoms with Gasteiger partial charge in [-0.2, -0.15) is 23.5 Å². The maximum Gasteiger partial charge on any atom is 0.326 e. The molecule has 0 spiro atoms. The van der Waals surface area contributed by atoms with Crippen molar-refractivity contribution >= 4 is 51.3 Å². The lowest BCUT2D eigenvalue weighted by atomic mass is 9.93. The van der Waals surface area contributed by atoms with Gasteiger partial charge in [-0.3, -0.25) is 4.79 Å². The van der Waals surface area contributed by atoms with Crippen molar-refractivity contribution in [2.45, 2.75) is 45.4 Å². The van der Waals surface area contributed by atoms with Gasteiger partial charge in [0.2, 0.25) is 0 Å². The molecule has 0 radical (unpaired) electrons. The summed E-state index contributed by atoms with van der Waals surface area (Å²) in [5, 5.41) is 12.4. The summed E-state index contributed by atoms with van der Waals surface area (Å²) in [5.74, 6) is 1.15. The van der Waals surface area contributed by atoms with Crippen molar-refractivity contribution in [3.8, 4) is 11.1 Å². The summed E-state index contributed by atoms with van der Waals surface area (Å²) in [5.41, 5.74) is 5.38. The minimum absolute atomic E-state index is 0.0434. The summed E-state index contributed by atoms with van der Waals surface area (Å²) in [4.78, 5) is 25.1. The van der Waals surface area contributed by atoms with Crippen LogP contribution in [0.3, 0.4) is 0 Å². The first kappa shape index (κ1) is 31.3. The number of rotatable bonds is 15. The SMILES string of the molecule is CCSC[C@H](Cc1cccc(Br)c1)OCc1ccc(C(=O)N[C@@H](CCSC)C(=O)O)c(-c2ccccc2C)c1. The van der Waals surface area contributed by atoms with Crippen LogP contribution in [0.5, 0.6) is 0 Å². The van der Waals surface area contributed by atoms with Crippen LogP contribution in [0.1, 0.15) is 40.4 Å². The topological polar surface area (TPSA) is 75.6 Å². The normalized spacial score (nSPS) is 12.6. The molecule has 1 amide bonds. The Hall–Kier alpha value is -2.26. The van der Waals surface area contributed by atoms with Gasteiger partial charge in [0.25, 0.3) is 5.91 Å². The van der Waals surface area contributed by atoms with Gasteiger partial charge in [0.15, 0.2) is 0 Å². The van der Waals surface area contributed by atoms with Gasteiger partial charge in [0.1, 0.15) is 6.04 Å². The Morgan fingerprint density at radius 2 is 1.82 bits per heavy atom. The van der Waals surface area contributed by atoms with Crippen LogP contribution in [0, 0.1) is 6.92 Å². The summed E-state index contributed by atoms with van der Waals surface area (Å²) in [6.45, 7) is 4.57. The minimum Gasteiger partial charge on any atom is -0.480 e. The molecule has 0 unspecified atom stereocenters. The molecule has 0 aliphatic rings. The summed E-state index contributed by atoms with van der Waals surface area (Å²) < 4.78 is 7.47. The number of aliphatic carboxylic acids is 1. The maximum absolute atomic E-state index is 13.3. The Balaban J connectivity index is 1.86. The number of carboxylic acid groups (broad SMARTS) is 1. The third kappa shape index (κ3) is 9.71. The molecule has 3 aromatic rings. The first-order valence-electron chi connectivity index (χ1n) is 13.0. The standard InChI is InChI=1S/C31H36BrNO4S2/c1-4-39-20-25(17-22-9-7-10-24(32)16-22)37-19-23-12-13-27(28(18-23)26-11-6-5-8-21(26)2)30(34)33-29(31(35)36)14-15-38-3/h5-13,16,18,25,29H,4,14-15,17,19-20H2,1-3H3,(H,33,34)(H,35,36)/t25-,29-/m0/s1. The monoisotopic (exact) mass is 629 g/mol. The van der Waals surface area contributed by atoms with Crippen molar-refractivity contribution in [1.82, 2.24) is 5.32 Å². The van der Waals surface area contributed by atoms with Gasteiger partial charge < -0.3 is 15.2 Å². The van der Waals surface area contributed by atoms with Crippen LogP contribution in [0.4, 0.5) is 0 Å². The number of hydrogen-bond acceptors (Lipinski definition) is 5. The number of amides is 1. The van der Waals surface area contributed by atoms with Crippen molar-refractivity contribution in [1.29, 1.82) is 0 Å². The van der Waals surface area contributed by atoms with Gasteiger partial charge >= 0.3 is 5.97 Å². The number of nitrogens with one attached hydrogen (secondary N) is 1. The van der Waals surface area contributed by atoms with E-state index in [1.165, 1.54) is 5.56 Å². The smallest absolute Gasteiger partial charge is 0.326 e. The van der Waals surface area contributed by atoms with E-state index in [9.17, 15) is 14.7 Å². The molecule has 0 saturated heterocycles. The molecule has 2 N–H and O–H groups in total. The molecular formula is C31H36BrNO4S2. The summed E-state index contributed by atoms with van der Waals surface area (Å²) in [6.07, 6.45) is 3.14. The van der Waals surface area contributed by atoms with Crippen LogP contribution in [0.25, 0.3) is 11.1 Å². The molecule has 0 bridgehead atoms. The third-order valence-corrected chi connectivity index (χ3v) is 8.48. The van der Waals surface area contributed by atoms with E-state index in [2.05, 4.69) is 40.3 Å². The van der Waals surface area contributed by atoms with E-state index in [4.69, 9.17) is 4.74 Å². The number of ether oxygens (including phenoxy) is 1. The highest BCUT2D eigenvalue weighted by Crippen LogP contribution is 2.29. The summed E-state index contributed by atoms with van der Waals surface area (Å²) >= 11 is 6.97. The van der Waals surface area contributed by atoms with E-state index in [1.54, 1.807) is 17.8 Å². The number of thioether (sulfide) groups is 2. The van der Waals surface area contributed by atoms with Crippen LogP contribution in [0.2, 0.25) is 0 Å². The highest BCUT2D eigenvalue weighted by molar-refractivity contribution is 9.10. The summed E-state index contributed by atoms with van der Waals surface area (Å²) in [6, 6.07) is 21.0. The molecule has 0 aromatic heterocycles. The van der Waals surface area contributed by atoms with Crippen molar-refractivity contribution in [2.24, 2.45) is 0 Å². The van der Waals surface area contributed by atoms with Gasteiger partial charge in [-0.05, 0) is 89.6 Å². The fraction of sp³-hybridized carbons (Fsp3) is 0.355. The average Bonchev–Trinajstić information content (AvgIpc) is 2.92. The van der Waals surface area contributed by atoms with Crippen LogP contribution in [-0.2, 0) is 22.6 Å². The van der Waals surface area contributed by atoms with Gasteiger partial charge in [-0.1, -0.05) is 65.3 Å². The van der Waals surface area contributed by atoms with Crippen molar-refractivity contribution in [3.63, 3.8) is 0 Å². The molecule has 3 rings (SSSR count). The highest BCUT2D eigenvalue weighted by atomic mass is 79.9. The zero-order valence-corrected chi connectivity index (χ0v) is 25.8. The van der Waals surface area contributed by atoms with Crippen LogP contribution < -0.4 is 5.32 Å². The van der Waals surface area contributed by atoms with Crippen LogP contribution in [-0.4, -0.2) is 52.6 Å². The van der Waals surface area contributed by atoms with Gasteiger partial charge in [-0.15, -0.1) is 0 Å². The van der Waals surface area contributed by atoms with Crippen LogP contribution >= 0.6 is 39.5 Å². The molecular weight excluding hydrogens is 594 g/mol. The molecule has 3 aromatic carbocycles. The largest absolute Gasteiger partial charge is 0.480 e.